The summed E-state index contributed by atoms with van der Waals surface area (Å²) in [4.78, 5) is 0. The summed E-state index contributed by atoms with van der Waals surface area (Å²) in [6.07, 6.45) is 2.64. The van der Waals surface area contributed by atoms with E-state index in [0.29, 0.717) is 24.4 Å². The molecule has 1 rings (SSSR count). The van der Waals surface area contributed by atoms with Gasteiger partial charge in [-0.1, -0.05) is 69.7 Å². The predicted octanol–water partition coefficient (Wildman–Crippen LogP) is 5.47. The molecule has 0 amide bonds. The summed E-state index contributed by atoms with van der Waals surface area (Å²) >= 11 is 0. The van der Waals surface area contributed by atoms with Crippen LogP contribution >= 0.6 is 0 Å². The van der Waals surface area contributed by atoms with Gasteiger partial charge in [0.15, 0.2) is 0 Å². The summed E-state index contributed by atoms with van der Waals surface area (Å²) in [6, 6.07) is 10.4. The molecule has 0 unspecified atom stereocenters. The first-order chi connectivity index (χ1) is 9.41. The minimum Gasteiger partial charge on any atom is -0.373 e. The largest absolute Gasteiger partial charge is 0.373 e. The summed E-state index contributed by atoms with van der Waals surface area (Å²) in [5.41, 5.74) is 2.62. The molecule has 20 heavy (non-hydrogen) atoms. The summed E-state index contributed by atoms with van der Waals surface area (Å²) in [7, 11) is 0. The maximum Gasteiger partial charge on any atom is 0.0721 e. The third-order valence-electron chi connectivity index (χ3n) is 3.62. The standard InChI is InChI=1S/C19H30O/c1-14(2)12-18(15(3)4)19(16(5)6)20-13-17-10-8-7-9-11-17/h7-12,15-16,18-19H,13H2,1-6H3/t18-,19-/m0/s1. The van der Waals surface area contributed by atoms with Crippen LogP contribution in [0.3, 0.4) is 0 Å². The Morgan fingerprint density at radius 2 is 1.60 bits per heavy atom. The molecule has 0 saturated heterocycles. The fourth-order valence-electron chi connectivity index (χ4n) is 2.57. The van der Waals surface area contributed by atoms with Crippen molar-refractivity contribution in [1.82, 2.24) is 0 Å². The minimum atomic E-state index is 0.269. The molecule has 1 nitrogen and oxygen atoms in total. The fraction of sp³-hybridized carbons (Fsp3) is 0.579. The van der Waals surface area contributed by atoms with E-state index in [1.165, 1.54) is 11.1 Å². The highest BCUT2D eigenvalue weighted by molar-refractivity contribution is 5.13. The molecule has 0 heterocycles. The highest BCUT2D eigenvalue weighted by Crippen LogP contribution is 2.27. The van der Waals surface area contributed by atoms with Gasteiger partial charge in [-0.15, -0.1) is 0 Å². The van der Waals surface area contributed by atoms with Crippen molar-refractivity contribution in [2.45, 2.75) is 54.3 Å². The number of benzene rings is 1. The Morgan fingerprint density at radius 3 is 2.05 bits per heavy atom. The van der Waals surface area contributed by atoms with E-state index in [1.807, 2.05) is 6.07 Å². The van der Waals surface area contributed by atoms with Crippen molar-refractivity contribution in [2.24, 2.45) is 17.8 Å². The average Bonchev–Trinajstić information content (AvgIpc) is 2.38. The summed E-state index contributed by atoms with van der Waals surface area (Å²) < 4.78 is 6.27. The second kappa shape index (κ2) is 8.26. The minimum absolute atomic E-state index is 0.269. The van der Waals surface area contributed by atoms with E-state index in [9.17, 15) is 0 Å². The first-order valence-electron chi connectivity index (χ1n) is 7.72. The second-order valence-electron chi connectivity index (χ2n) is 6.57. The second-order valence-corrected chi connectivity index (χ2v) is 6.57. The Morgan fingerprint density at radius 1 is 1.00 bits per heavy atom. The lowest BCUT2D eigenvalue weighted by Gasteiger charge is -2.31. The molecule has 0 saturated carbocycles. The van der Waals surface area contributed by atoms with Crippen LogP contribution in [0.15, 0.2) is 42.0 Å². The first-order valence-corrected chi connectivity index (χ1v) is 7.72. The Bertz CT molecular complexity index is 399. The molecule has 0 fully saturated rings. The summed E-state index contributed by atoms with van der Waals surface area (Å²) in [5.74, 6) is 1.58. The van der Waals surface area contributed by atoms with Gasteiger partial charge in [-0.25, -0.2) is 0 Å². The summed E-state index contributed by atoms with van der Waals surface area (Å²) in [5, 5.41) is 0. The summed E-state index contributed by atoms with van der Waals surface area (Å²) in [6.45, 7) is 14.1. The molecule has 1 aromatic rings. The van der Waals surface area contributed by atoms with Crippen LogP contribution in [-0.4, -0.2) is 6.10 Å². The maximum absolute atomic E-state index is 6.27. The Balaban J connectivity index is 2.79. The van der Waals surface area contributed by atoms with E-state index in [-0.39, 0.29) is 6.10 Å². The van der Waals surface area contributed by atoms with E-state index < -0.39 is 0 Å². The van der Waals surface area contributed by atoms with Crippen LogP contribution in [0.25, 0.3) is 0 Å². The molecule has 0 aliphatic rings. The zero-order valence-electron chi connectivity index (χ0n) is 13.9. The normalized spacial score (nSPS) is 14.4. The molecule has 0 aliphatic heterocycles. The number of hydrogen-bond donors (Lipinski definition) is 0. The molecule has 2 atom stereocenters. The molecular formula is C19H30O. The lowest BCUT2D eigenvalue weighted by Crippen LogP contribution is -2.31. The fourth-order valence-corrected chi connectivity index (χ4v) is 2.57. The smallest absolute Gasteiger partial charge is 0.0721 e. The third kappa shape index (κ3) is 5.50. The van der Waals surface area contributed by atoms with E-state index in [2.05, 4.69) is 71.9 Å². The van der Waals surface area contributed by atoms with E-state index in [1.54, 1.807) is 0 Å². The molecule has 0 spiro atoms. The molecule has 1 heteroatoms. The van der Waals surface area contributed by atoms with Gasteiger partial charge in [0.05, 0.1) is 12.7 Å². The van der Waals surface area contributed by atoms with Gasteiger partial charge in [0.1, 0.15) is 0 Å². The number of allylic oxidation sites excluding steroid dienone is 1. The molecule has 0 radical (unpaired) electrons. The predicted molar refractivity (Wildman–Crippen MR) is 87.6 cm³/mol. The van der Waals surface area contributed by atoms with Gasteiger partial charge in [-0.05, 0) is 31.2 Å². The van der Waals surface area contributed by atoms with E-state index in [0.717, 1.165) is 0 Å². The van der Waals surface area contributed by atoms with Crippen molar-refractivity contribution in [3.8, 4) is 0 Å². The molecule has 0 aromatic heterocycles. The molecular weight excluding hydrogens is 244 g/mol. The van der Waals surface area contributed by atoms with Crippen molar-refractivity contribution in [3.63, 3.8) is 0 Å². The van der Waals surface area contributed by atoms with Gasteiger partial charge < -0.3 is 4.74 Å². The van der Waals surface area contributed by atoms with Gasteiger partial charge in [0, 0.05) is 5.92 Å². The monoisotopic (exact) mass is 274 g/mol. The van der Waals surface area contributed by atoms with Gasteiger partial charge in [-0.2, -0.15) is 0 Å². The quantitative estimate of drug-likeness (QED) is 0.599. The van der Waals surface area contributed by atoms with Crippen molar-refractivity contribution in [3.05, 3.63) is 47.5 Å². The van der Waals surface area contributed by atoms with Crippen LogP contribution in [-0.2, 0) is 11.3 Å². The van der Waals surface area contributed by atoms with Crippen molar-refractivity contribution >= 4 is 0 Å². The van der Waals surface area contributed by atoms with Gasteiger partial charge >= 0.3 is 0 Å². The lowest BCUT2D eigenvalue weighted by atomic mass is 9.83. The molecule has 0 N–H and O–H groups in total. The molecule has 1 aromatic carbocycles. The van der Waals surface area contributed by atoms with Crippen molar-refractivity contribution in [1.29, 1.82) is 0 Å². The van der Waals surface area contributed by atoms with Crippen molar-refractivity contribution < 1.29 is 4.74 Å². The average molecular weight is 274 g/mol. The van der Waals surface area contributed by atoms with Crippen LogP contribution in [0.5, 0.6) is 0 Å². The topological polar surface area (TPSA) is 9.23 Å². The highest BCUT2D eigenvalue weighted by Gasteiger charge is 2.26. The highest BCUT2D eigenvalue weighted by atomic mass is 16.5. The lowest BCUT2D eigenvalue weighted by molar-refractivity contribution is -0.0270. The van der Waals surface area contributed by atoms with Crippen LogP contribution in [0.2, 0.25) is 0 Å². The third-order valence-corrected chi connectivity index (χ3v) is 3.62. The van der Waals surface area contributed by atoms with Crippen molar-refractivity contribution in [2.75, 3.05) is 0 Å². The SMILES string of the molecule is CC(C)=C[C@@H](C(C)C)[C@@H](OCc1ccccc1)C(C)C. The number of hydrogen-bond acceptors (Lipinski definition) is 1. The zero-order valence-corrected chi connectivity index (χ0v) is 13.9. The zero-order chi connectivity index (χ0) is 15.1. The maximum atomic E-state index is 6.27. The van der Waals surface area contributed by atoms with Crippen LogP contribution in [0.4, 0.5) is 0 Å². The molecule has 0 bridgehead atoms. The Hall–Kier alpha value is -1.08. The van der Waals surface area contributed by atoms with E-state index in [4.69, 9.17) is 4.74 Å². The molecule has 0 aliphatic carbocycles. The van der Waals surface area contributed by atoms with Crippen LogP contribution in [0.1, 0.15) is 47.1 Å². The van der Waals surface area contributed by atoms with Gasteiger partial charge in [0.25, 0.3) is 0 Å². The van der Waals surface area contributed by atoms with Crippen LogP contribution < -0.4 is 0 Å². The number of rotatable bonds is 7. The number of ether oxygens (including phenoxy) is 1. The van der Waals surface area contributed by atoms with Crippen LogP contribution in [0, 0.1) is 17.8 Å². The molecule has 112 valence electrons. The Labute approximate surface area is 125 Å². The van der Waals surface area contributed by atoms with Gasteiger partial charge in [-0.3, -0.25) is 0 Å². The van der Waals surface area contributed by atoms with E-state index >= 15 is 0 Å². The first kappa shape index (κ1) is 17.0. The Kier molecular flexibility index (Phi) is 7.01. The van der Waals surface area contributed by atoms with Gasteiger partial charge in [0.2, 0.25) is 0 Å².